The van der Waals surface area contributed by atoms with Gasteiger partial charge in [0.25, 0.3) is 5.56 Å². The highest BCUT2D eigenvalue weighted by molar-refractivity contribution is 6.08. The minimum atomic E-state index is -0.526. The van der Waals surface area contributed by atoms with Gasteiger partial charge in [0.1, 0.15) is 17.1 Å². The fraction of sp³-hybridized carbons (Fsp3) is 0.323. The van der Waals surface area contributed by atoms with E-state index in [-0.39, 0.29) is 23.9 Å². The van der Waals surface area contributed by atoms with E-state index in [0.717, 1.165) is 16.5 Å². The number of fused-ring (bicyclic) bond motifs is 1. The summed E-state index contributed by atoms with van der Waals surface area (Å²) in [6, 6.07) is 14.0. The SMILES string of the molecule is CCc1cc(N)cc(CC)c1NC(=O)Nc1c(-c2cccc(OCCCO)c2)c2cccnc2n(C(C)C)c1=O. The van der Waals surface area contributed by atoms with Crippen LogP contribution >= 0.6 is 0 Å². The molecular weight excluding hydrogens is 506 g/mol. The summed E-state index contributed by atoms with van der Waals surface area (Å²) in [5, 5.41) is 15.7. The number of aryl methyl sites for hydroxylation is 2. The van der Waals surface area contributed by atoms with Crippen molar-refractivity contribution in [2.24, 2.45) is 0 Å². The van der Waals surface area contributed by atoms with Crippen LogP contribution in [0.2, 0.25) is 0 Å². The Kier molecular flexibility index (Phi) is 9.06. The maximum absolute atomic E-state index is 14.0. The maximum atomic E-state index is 14.0. The molecule has 2 aromatic heterocycles. The Balaban J connectivity index is 1.87. The van der Waals surface area contributed by atoms with Crippen molar-refractivity contribution in [2.45, 2.75) is 53.0 Å². The topological polar surface area (TPSA) is 132 Å². The van der Waals surface area contributed by atoms with Crippen LogP contribution in [0, 0.1) is 0 Å². The lowest BCUT2D eigenvalue weighted by Gasteiger charge is -2.21. The van der Waals surface area contributed by atoms with E-state index in [9.17, 15) is 9.59 Å². The number of benzene rings is 2. The van der Waals surface area contributed by atoms with E-state index in [1.807, 2.05) is 76.2 Å². The molecule has 0 spiro atoms. The molecular formula is C31H37N5O4. The van der Waals surface area contributed by atoms with Crippen molar-refractivity contribution >= 4 is 34.1 Å². The standard InChI is InChI=1S/C31H37N5O4/c1-5-20-16-23(32)17-21(6-2)27(20)34-31(39)35-28-26(22-10-7-11-24(18-22)40-15-9-14-37)25-12-8-13-33-29(25)36(19(3)4)30(28)38/h7-8,10-13,16-19,37H,5-6,9,14-15,32H2,1-4H3,(H2,34,35,39). The largest absolute Gasteiger partial charge is 0.493 e. The molecule has 2 amide bonds. The average Bonchev–Trinajstić information content (AvgIpc) is 2.94. The summed E-state index contributed by atoms with van der Waals surface area (Å²) >= 11 is 0. The number of aliphatic hydroxyl groups excluding tert-OH is 1. The van der Waals surface area contributed by atoms with Crippen molar-refractivity contribution < 1.29 is 14.6 Å². The number of hydrogen-bond donors (Lipinski definition) is 4. The Hall–Kier alpha value is -4.37. The monoisotopic (exact) mass is 543 g/mol. The number of anilines is 3. The maximum Gasteiger partial charge on any atom is 0.323 e. The van der Waals surface area contributed by atoms with E-state index in [1.165, 1.54) is 0 Å². The van der Waals surface area contributed by atoms with Gasteiger partial charge in [-0.1, -0.05) is 26.0 Å². The molecule has 210 valence electrons. The summed E-state index contributed by atoms with van der Waals surface area (Å²) in [5.74, 6) is 0.591. The van der Waals surface area contributed by atoms with Gasteiger partial charge in [0.15, 0.2) is 0 Å². The minimum Gasteiger partial charge on any atom is -0.493 e. The number of ether oxygens (including phenoxy) is 1. The van der Waals surface area contributed by atoms with E-state index in [0.29, 0.717) is 59.8 Å². The van der Waals surface area contributed by atoms with Crippen LogP contribution in [0.25, 0.3) is 22.2 Å². The Morgan fingerprint density at radius 2 is 1.75 bits per heavy atom. The first-order valence-electron chi connectivity index (χ1n) is 13.7. The first-order valence-corrected chi connectivity index (χ1v) is 13.7. The van der Waals surface area contributed by atoms with Crippen LogP contribution in [-0.4, -0.2) is 33.9 Å². The van der Waals surface area contributed by atoms with Crippen molar-refractivity contribution in [3.63, 3.8) is 0 Å². The van der Waals surface area contributed by atoms with Gasteiger partial charge in [-0.2, -0.15) is 0 Å². The summed E-state index contributed by atoms with van der Waals surface area (Å²) in [4.78, 5) is 32.1. The lowest BCUT2D eigenvalue weighted by atomic mass is 9.99. The highest BCUT2D eigenvalue weighted by Gasteiger charge is 2.23. The summed E-state index contributed by atoms with van der Waals surface area (Å²) in [5.41, 5.74) is 10.8. The number of carbonyl (C=O) groups is 1. The van der Waals surface area contributed by atoms with Gasteiger partial charge in [-0.15, -0.1) is 0 Å². The number of aromatic nitrogens is 2. The van der Waals surface area contributed by atoms with Gasteiger partial charge in [0.2, 0.25) is 0 Å². The van der Waals surface area contributed by atoms with E-state index >= 15 is 0 Å². The quantitative estimate of drug-likeness (QED) is 0.149. The van der Waals surface area contributed by atoms with Crippen molar-refractivity contribution in [1.29, 1.82) is 0 Å². The molecule has 0 atom stereocenters. The predicted octanol–water partition coefficient (Wildman–Crippen LogP) is 5.76. The number of urea groups is 1. The summed E-state index contributed by atoms with van der Waals surface area (Å²) < 4.78 is 7.40. The number of carbonyl (C=O) groups excluding carboxylic acids is 1. The van der Waals surface area contributed by atoms with Crippen molar-refractivity contribution in [3.05, 3.63) is 76.2 Å². The highest BCUT2D eigenvalue weighted by atomic mass is 16.5. The Bertz CT molecular complexity index is 1550. The molecule has 40 heavy (non-hydrogen) atoms. The van der Waals surface area contributed by atoms with Gasteiger partial charge < -0.3 is 26.2 Å². The summed E-state index contributed by atoms with van der Waals surface area (Å²) in [6.45, 7) is 8.20. The second-order valence-corrected chi connectivity index (χ2v) is 9.85. The number of nitrogens with zero attached hydrogens (tertiary/aromatic N) is 2. The molecule has 4 aromatic rings. The smallest absolute Gasteiger partial charge is 0.323 e. The first-order chi connectivity index (χ1) is 19.3. The number of nitrogens with one attached hydrogen (secondary N) is 2. The molecule has 9 nitrogen and oxygen atoms in total. The molecule has 9 heteroatoms. The van der Waals surface area contributed by atoms with E-state index in [1.54, 1.807) is 10.8 Å². The van der Waals surface area contributed by atoms with Crippen molar-refractivity contribution in [3.8, 4) is 16.9 Å². The zero-order valence-corrected chi connectivity index (χ0v) is 23.5. The molecule has 2 heterocycles. The zero-order valence-electron chi connectivity index (χ0n) is 23.5. The first kappa shape index (κ1) is 28.6. The van der Waals surface area contributed by atoms with E-state index in [4.69, 9.17) is 15.6 Å². The molecule has 0 saturated heterocycles. The molecule has 0 fully saturated rings. The fourth-order valence-corrected chi connectivity index (χ4v) is 4.90. The molecule has 0 radical (unpaired) electrons. The second-order valence-electron chi connectivity index (χ2n) is 9.85. The number of amides is 2. The number of nitrogens with two attached hydrogens (primary N) is 1. The normalized spacial score (nSPS) is 11.2. The highest BCUT2D eigenvalue weighted by Crippen LogP contribution is 2.35. The Morgan fingerprint density at radius 3 is 2.40 bits per heavy atom. The van der Waals surface area contributed by atoms with Gasteiger partial charge in [-0.25, -0.2) is 9.78 Å². The van der Waals surface area contributed by atoms with Gasteiger partial charge >= 0.3 is 6.03 Å². The van der Waals surface area contributed by atoms with Gasteiger partial charge in [0.05, 0.1) is 6.61 Å². The molecule has 0 unspecified atom stereocenters. The third-order valence-electron chi connectivity index (χ3n) is 6.74. The molecule has 0 aliphatic carbocycles. The van der Waals surface area contributed by atoms with E-state index < -0.39 is 6.03 Å². The fourth-order valence-electron chi connectivity index (χ4n) is 4.90. The van der Waals surface area contributed by atoms with Crippen LogP contribution in [-0.2, 0) is 12.8 Å². The number of pyridine rings is 2. The number of nitrogen functional groups attached to an aromatic ring is 1. The summed E-state index contributed by atoms with van der Waals surface area (Å²) in [6.07, 6.45) is 3.52. The van der Waals surface area contributed by atoms with Crippen LogP contribution in [0.4, 0.5) is 21.9 Å². The van der Waals surface area contributed by atoms with Crippen LogP contribution in [0.5, 0.6) is 5.75 Å². The van der Waals surface area contributed by atoms with Crippen LogP contribution in [0.3, 0.4) is 0 Å². The lowest BCUT2D eigenvalue weighted by molar-refractivity contribution is 0.233. The van der Waals surface area contributed by atoms with Crippen LogP contribution < -0.4 is 26.7 Å². The lowest BCUT2D eigenvalue weighted by Crippen LogP contribution is -2.31. The minimum absolute atomic E-state index is 0.0279. The molecule has 5 N–H and O–H groups in total. The predicted molar refractivity (Wildman–Crippen MR) is 161 cm³/mol. The third-order valence-corrected chi connectivity index (χ3v) is 6.74. The number of aliphatic hydroxyl groups is 1. The Labute approximate surface area is 234 Å². The molecule has 2 aromatic carbocycles. The third kappa shape index (κ3) is 5.94. The van der Waals surface area contributed by atoms with Crippen molar-refractivity contribution in [2.75, 3.05) is 29.6 Å². The van der Waals surface area contributed by atoms with Gasteiger partial charge in [0, 0.05) is 47.6 Å². The number of hydrogen-bond acceptors (Lipinski definition) is 6. The zero-order chi connectivity index (χ0) is 28.8. The van der Waals surface area contributed by atoms with Gasteiger partial charge in [-0.3, -0.25) is 9.36 Å². The van der Waals surface area contributed by atoms with Crippen LogP contribution in [0.1, 0.15) is 51.3 Å². The Morgan fingerprint density at radius 1 is 1.05 bits per heavy atom. The van der Waals surface area contributed by atoms with Gasteiger partial charge in [-0.05, 0) is 79.8 Å². The molecule has 0 aliphatic rings. The molecule has 0 saturated carbocycles. The molecule has 0 bridgehead atoms. The van der Waals surface area contributed by atoms with Crippen molar-refractivity contribution in [1.82, 2.24) is 9.55 Å². The van der Waals surface area contributed by atoms with E-state index in [2.05, 4.69) is 15.6 Å². The number of rotatable bonds is 10. The summed E-state index contributed by atoms with van der Waals surface area (Å²) in [7, 11) is 0. The van der Waals surface area contributed by atoms with Crippen LogP contribution in [0.15, 0.2) is 59.5 Å². The average molecular weight is 544 g/mol. The molecule has 4 rings (SSSR count). The second kappa shape index (κ2) is 12.7. The molecule has 0 aliphatic heterocycles.